The Morgan fingerprint density at radius 2 is 1.77 bits per heavy atom. The molecule has 0 atom stereocenters. The average Bonchev–Trinajstić information content (AvgIpc) is 3.06. The van der Waals surface area contributed by atoms with Crippen LogP contribution in [-0.4, -0.2) is 46.9 Å². The summed E-state index contributed by atoms with van der Waals surface area (Å²) in [6.07, 6.45) is 0.311. The van der Waals surface area contributed by atoms with E-state index >= 15 is 0 Å². The Labute approximate surface area is 151 Å². The van der Waals surface area contributed by atoms with Crippen LogP contribution in [0, 0.1) is 5.82 Å². The third kappa shape index (κ3) is 3.75. The lowest BCUT2D eigenvalue weighted by Gasteiger charge is -2.34. The van der Waals surface area contributed by atoms with Gasteiger partial charge in [0.2, 0.25) is 11.8 Å². The number of amides is 1. The largest absolute Gasteiger partial charge is 0.439 e. The Kier molecular flexibility index (Phi) is 4.67. The SMILES string of the molecule is O=C(Cc1ccc(F)cc1)N1CCN(Cc2nc3ccccc3o2)CC1. The van der Waals surface area contributed by atoms with E-state index < -0.39 is 0 Å². The van der Waals surface area contributed by atoms with E-state index in [0.717, 1.165) is 29.8 Å². The molecule has 1 saturated heterocycles. The summed E-state index contributed by atoms with van der Waals surface area (Å²) in [5, 5.41) is 0. The van der Waals surface area contributed by atoms with Crippen LogP contribution in [0.2, 0.25) is 0 Å². The van der Waals surface area contributed by atoms with E-state index in [9.17, 15) is 9.18 Å². The van der Waals surface area contributed by atoms with Crippen molar-refractivity contribution >= 4 is 17.0 Å². The number of fused-ring (bicyclic) bond motifs is 1. The fourth-order valence-electron chi connectivity index (χ4n) is 3.22. The van der Waals surface area contributed by atoms with Crippen molar-refractivity contribution in [2.75, 3.05) is 26.2 Å². The monoisotopic (exact) mass is 353 g/mol. The summed E-state index contributed by atoms with van der Waals surface area (Å²) in [5.41, 5.74) is 2.51. The number of nitrogens with zero attached hydrogens (tertiary/aromatic N) is 3. The number of carbonyl (C=O) groups excluding carboxylic acids is 1. The molecule has 0 spiro atoms. The molecule has 134 valence electrons. The highest BCUT2D eigenvalue weighted by atomic mass is 19.1. The van der Waals surface area contributed by atoms with Crippen LogP contribution >= 0.6 is 0 Å². The molecule has 26 heavy (non-hydrogen) atoms. The number of oxazole rings is 1. The minimum atomic E-state index is -0.283. The van der Waals surface area contributed by atoms with Crippen LogP contribution in [0.25, 0.3) is 11.1 Å². The van der Waals surface area contributed by atoms with Crippen molar-refractivity contribution in [2.24, 2.45) is 0 Å². The zero-order chi connectivity index (χ0) is 17.9. The fourth-order valence-corrected chi connectivity index (χ4v) is 3.22. The molecule has 3 aromatic rings. The standard InChI is InChI=1S/C20H20FN3O2/c21-16-7-5-15(6-8-16)13-20(25)24-11-9-23(10-12-24)14-19-22-17-3-1-2-4-18(17)26-19/h1-8H,9-14H2. The van der Waals surface area contributed by atoms with Crippen LogP contribution in [0.5, 0.6) is 0 Å². The Morgan fingerprint density at radius 3 is 2.50 bits per heavy atom. The highest BCUT2D eigenvalue weighted by Gasteiger charge is 2.22. The van der Waals surface area contributed by atoms with E-state index in [0.29, 0.717) is 31.9 Å². The second-order valence-corrected chi connectivity index (χ2v) is 6.54. The number of hydrogen-bond acceptors (Lipinski definition) is 4. The van der Waals surface area contributed by atoms with Gasteiger partial charge >= 0.3 is 0 Å². The lowest BCUT2D eigenvalue weighted by atomic mass is 10.1. The third-order valence-electron chi connectivity index (χ3n) is 4.69. The van der Waals surface area contributed by atoms with Crippen molar-refractivity contribution in [1.82, 2.24) is 14.8 Å². The van der Waals surface area contributed by atoms with Crippen molar-refractivity contribution in [3.05, 3.63) is 65.8 Å². The molecule has 0 radical (unpaired) electrons. The molecule has 0 bridgehead atoms. The maximum Gasteiger partial charge on any atom is 0.227 e. The third-order valence-corrected chi connectivity index (χ3v) is 4.69. The molecular weight excluding hydrogens is 333 g/mol. The van der Waals surface area contributed by atoms with Crippen molar-refractivity contribution in [2.45, 2.75) is 13.0 Å². The van der Waals surface area contributed by atoms with Crippen LogP contribution in [0.4, 0.5) is 4.39 Å². The van der Waals surface area contributed by atoms with E-state index in [1.54, 1.807) is 12.1 Å². The van der Waals surface area contributed by atoms with Gasteiger partial charge in [0.15, 0.2) is 5.58 Å². The first-order valence-corrected chi connectivity index (χ1v) is 8.76. The van der Waals surface area contributed by atoms with Crippen LogP contribution < -0.4 is 0 Å². The number of benzene rings is 2. The first-order chi connectivity index (χ1) is 12.7. The number of aromatic nitrogens is 1. The molecule has 1 aliphatic rings. The summed E-state index contributed by atoms with van der Waals surface area (Å²) in [6.45, 7) is 3.58. The molecule has 4 rings (SSSR count). The topological polar surface area (TPSA) is 49.6 Å². The number of carbonyl (C=O) groups is 1. The van der Waals surface area contributed by atoms with E-state index in [1.165, 1.54) is 12.1 Å². The van der Waals surface area contributed by atoms with Gasteiger partial charge in [-0.1, -0.05) is 24.3 Å². The highest BCUT2D eigenvalue weighted by Crippen LogP contribution is 2.17. The Bertz CT molecular complexity index is 866. The summed E-state index contributed by atoms with van der Waals surface area (Å²) in [4.78, 5) is 21.0. The van der Waals surface area contributed by atoms with Gasteiger partial charge in [0.05, 0.1) is 13.0 Å². The summed E-state index contributed by atoms with van der Waals surface area (Å²) >= 11 is 0. The van der Waals surface area contributed by atoms with Gasteiger partial charge in [-0.25, -0.2) is 9.37 Å². The molecule has 0 N–H and O–H groups in total. The van der Waals surface area contributed by atoms with Gasteiger partial charge in [0.25, 0.3) is 0 Å². The minimum Gasteiger partial charge on any atom is -0.439 e. The van der Waals surface area contributed by atoms with Gasteiger partial charge in [-0.05, 0) is 29.8 Å². The quantitative estimate of drug-likeness (QED) is 0.724. The maximum absolute atomic E-state index is 13.0. The molecule has 5 nitrogen and oxygen atoms in total. The molecule has 1 aromatic heterocycles. The lowest BCUT2D eigenvalue weighted by molar-refractivity contribution is -0.132. The predicted octanol–water partition coefficient (Wildman–Crippen LogP) is 2.85. The molecule has 2 heterocycles. The second kappa shape index (κ2) is 7.25. The Balaban J connectivity index is 1.30. The van der Waals surface area contributed by atoms with Gasteiger partial charge in [0.1, 0.15) is 11.3 Å². The van der Waals surface area contributed by atoms with Crippen molar-refractivity contribution in [3.8, 4) is 0 Å². The van der Waals surface area contributed by atoms with Crippen LogP contribution in [0.1, 0.15) is 11.5 Å². The van der Waals surface area contributed by atoms with Crippen LogP contribution in [0.15, 0.2) is 52.9 Å². The van der Waals surface area contributed by atoms with Gasteiger partial charge < -0.3 is 9.32 Å². The first kappa shape index (κ1) is 16.7. The van der Waals surface area contributed by atoms with Crippen molar-refractivity contribution < 1.29 is 13.6 Å². The Morgan fingerprint density at radius 1 is 1.04 bits per heavy atom. The number of rotatable bonds is 4. The summed E-state index contributed by atoms with van der Waals surface area (Å²) in [5.74, 6) is 0.504. The Hall–Kier alpha value is -2.73. The molecule has 1 aliphatic heterocycles. The fraction of sp³-hybridized carbons (Fsp3) is 0.300. The van der Waals surface area contributed by atoms with E-state index in [-0.39, 0.29) is 11.7 Å². The number of para-hydroxylation sites is 2. The van der Waals surface area contributed by atoms with Gasteiger partial charge in [-0.15, -0.1) is 0 Å². The van der Waals surface area contributed by atoms with Gasteiger partial charge in [0, 0.05) is 26.2 Å². The van der Waals surface area contributed by atoms with Crippen LogP contribution in [-0.2, 0) is 17.8 Å². The highest BCUT2D eigenvalue weighted by molar-refractivity contribution is 5.78. The molecule has 6 heteroatoms. The molecule has 1 amide bonds. The van der Waals surface area contributed by atoms with E-state index in [4.69, 9.17) is 4.42 Å². The molecule has 2 aromatic carbocycles. The number of hydrogen-bond donors (Lipinski definition) is 0. The van der Waals surface area contributed by atoms with Crippen molar-refractivity contribution in [3.63, 3.8) is 0 Å². The van der Waals surface area contributed by atoms with E-state index in [2.05, 4.69) is 9.88 Å². The smallest absolute Gasteiger partial charge is 0.227 e. The number of halogens is 1. The normalized spacial score (nSPS) is 15.5. The van der Waals surface area contributed by atoms with E-state index in [1.807, 2.05) is 29.2 Å². The minimum absolute atomic E-state index is 0.0816. The first-order valence-electron chi connectivity index (χ1n) is 8.76. The number of piperazine rings is 1. The summed E-state index contributed by atoms with van der Waals surface area (Å²) < 4.78 is 18.7. The predicted molar refractivity (Wildman–Crippen MR) is 96.0 cm³/mol. The summed E-state index contributed by atoms with van der Waals surface area (Å²) in [7, 11) is 0. The molecule has 0 unspecified atom stereocenters. The zero-order valence-electron chi connectivity index (χ0n) is 14.4. The second-order valence-electron chi connectivity index (χ2n) is 6.54. The maximum atomic E-state index is 13.0. The molecule has 0 aliphatic carbocycles. The lowest BCUT2D eigenvalue weighted by Crippen LogP contribution is -2.48. The zero-order valence-corrected chi connectivity index (χ0v) is 14.4. The summed E-state index contributed by atoms with van der Waals surface area (Å²) in [6, 6.07) is 13.8. The van der Waals surface area contributed by atoms with Gasteiger partial charge in [-0.2, -0.15) is 0 Å². The molecule has 1 fully saturated rings. The van der Waals surface area contributed by atoms with Crippen LogP contribution in [0.3, 0.4) is 0 Å². The van der Waals surface area contributed by atoms with Crippen molar-refractivity contribution in [1.29, 1.82) is 0 Å². The molecule has 0 saturated carbocycles. The van der Waals surface area contributed by atoms with Gasteiger partial charge in [-0.3, -0.25) is 9.69 Å². The average molecular weight is 353 g/mol. The molecular formula is C20H20FN3O2.